The second-order valence-electron chi connectivity index (χ2n) is 7.25. The minimum absolute atomic E-state index is 0.0615. The molecule has 7 nitrogen and oxygen atoms in total. The van der Waals surface area contributed by atoms with Gasteiger partial charge in [0.1, 0.15) is 22.6 Å². The molecule has 2 aromatic heterocycles. The summed E-state index contributed by atoms with van der Waals surface area (Å²) in [4.78, 5) is 25.8. The number of hydrogen-bond donors (Lipinski definition) is 1. The number of aryl methyl sites for hydroxylation is 1. The zero-order valence-corrected chi connectivity index (χ0v) is 15.8. The molecule has 1 aliphatic heterocycles. The first kappa shape index (κ1) is 17.9. The van der Waals surface area contributed by atoms with Crippen LogP contribution in [0.2, 0.25) is 0 Å². The number of amides is 1. The van der Waals surface area contributed by atoms with Gasteiger partial charge in [-0.1, -0.05) is 0 Å². The molecular formula is C17H24N4O3S. The molecule has 1 amide bonds. The molecule has 2 aromatic rings. The standard InChI is InChI=1S/C17H24N4O3S/c1-11-9-25-15-13(11)14(18-10-19-15)21-6-5-20(7-12(21)8-22)16(23)24-17(2,3)4/h9-10,12,22H,5-8H2,1-4H3/t12-/m0/s1. The number of ether oxygens (including phenoxy) is 1. The maximum atomic E-state index is 12.3. The number of rotatable bonds is 2. The molecule has 1 saturated heterocycles. The third kappa shape index (κ3) is 3.69. The molecule has 0 aliphatic carbocycles. The van der Waals surface area contributed by atoms with Crippen LogP contribution in [0.3, 0.4) is 0 Å². The van der Waals surface area contributed by atoms with Crippen LogP contribution < -0.4 is 4.90 Å². The van der Waals surface area contributed by atoms with Crippen LogP contribution in [0.25, 0.3) is 10.2 Å². The minimum Gasteiger partial charge on any atom is -0.444 e. The molecule has 0 aromatic carbocycles. The maximum absolute atomic E-state index is 12.3. The number of fused-ring (bicyclic) bond motifs is 1. The summed E-state index contributed by atoms with van der Waals surface area (Å²) in [6.45, 7) is 9.04. The van der Waals surface area contributed by atoms with Gasteiger partial charge in [-0.05, 0) is 38.6 Å². The Bertz CT molecular complexity index is 771. The highest BCUT2D eigenvalue weighted by molar-refractivity contribution is 7.17. The van der Waals surface area contributed by atoms with Gasteiger partial charge in [0.25, 0.3) is 0 Å². The molecule has 0 spiro atoms. The summed E-state index contributed by atoms with van der Waals surface area (Å²) in [5.74, 6) is 0.826. The van der Waals surface area contributed by atoms with Crippen LogP contribution in [-0.2, 0) is 4.74 Å². The van der Waals surface area contributed by atoms with E-state index in [0.29, 0.717) is 19.6 Å². The highest BCUT2D eigenvalue weighted by atomic mass is 32.1. The van der Waals surface area contributed by atoms with E-state index >= 15 is 0 Å². The molecule has 1 N–H and O–H groups in total. The normalized spacial score (nSPS) is 18.7. The van der Waals surface area contributed by atoms with Crippen molar-refractivity contribution in [2.45, 2.75) is 39.3 Å². The molecule has 0 bridgehead atoms. The summed E-state index contributed by atoms with van der Waals surface area (Å²) >= 11 is 1.59. The second kappa shape index (κ2) is 6.76. The van der Waals surface area contributed by atoms with Crippen molar-refractivity contribution in [2.24, 2.45) is 0 Å². The highest BCUT2D eigenvalue weighted by Gasteiger charge is 2.33. The lowest BCUT2D eigenvalue weighted by Crippen LogP contribution is -2.57. The predicted octanol–water partition coefficient (Wildman–Crippen LogP) is 2.42. The lowest BCUT2D eigenvalue weighted by Gasteiger charge is -2.41. The van der Waals surface area contributed by atoms with Gasteiger partial charge in [0.2, 0.25) is 0 Å². The number of carbonyl (C=O) groups excluding carboxylic acids is 1. The summed E-state index contributed by atoms with van der Waals surface area (Å²) in [6.07, 6.45) is 1.22. The highest BCUT2D eigenvalue weighted by Crippen LogP contribution is 2.32. The van der Waals surface area contributed by atoms with Gasteiger partial charge < -0.3 is 19.6 Å². The Labute approximate surface area is 151 Å². The Kier molecular flexibility index (Phi) is 4.83. The number of aromatic nitrogens is 2. The minimum atomic E-state index is -0.532. The van der Waals surface area contributed by atoms with Gasteiger partial charge in [-0.3, -0.25) is 0 Å². The fourth-order valence-electron chi connectivity index (χ4n) is 3.00. The van der Waals surface area contributed by atoms with Crippen LogP contribution >= 0.6 is 11.3 Å². The Morgan fingerprint density at radius 2 is 2.16 bits per heavy atom. The number of anilines is 1. The zero-order chi connectivity index (χ0) is 18.2. The zero-order valence-electron chi connectivity index (χ0n) is 15.0. The Hall–Kier alpha value is -1.93. The molecule has 1 fully saturated rings. The molecule has 1 aliphatic rings. The van der Waals surface area contributed by atoms with Gasteiger partial charge in [0, 0.05) is 19.6 Å². The monoisotopic (exact) mass is 364 g/mol. The van der Waals surface area contributed by atoms with Gasteiger partial charge in [0.15, 0.2) is 0 Å². The van der Waals surface area contributed by atoms with Crippen molar-refractivity contribution in [1.82, 2.24) is 14.9 Å². The molecule has 1 atom stereocenters. The van der Waals surface area contributed by atoms with E-state index in [0.717, 1.165) is 21.6 Å². The van der Waals surface area contributed by atoms with E-state index < -0.39 is 5.60 Å². The Morgan fingerprint density at radius 1 is 1.40 bits per heavy atom. The molecule has 25 heavy (non-hydrogen) atoms. The Morgan fingerprint density at radius 3 is 2.84 bits per heavy atom. The largest absolute Gasteiger partial charge is 0.444 e. The van der Waals surface area contributed by atoms with E-state index in [9.17, 15) is 9.90 Å². The van der Waals surface area contributed by atoms with Crippen LogP contribution in [0.1, 0.15) is 26.3 Å². The van der Waals surface area contributed by atoms with Crippen LogP contribution in [0, 0.1) is 6.92 Å². The molecule has 136 valence electrons. The van der Waals surface area contributed by atoms with E-state index in [1.807, 2.05) is 27.7 Å². The number of hydrogen-bond acceptors (Lipinski definition) is 7. The quantitative estimate of drug-likeness (QED) is 0.882. The molecule has 0 unspecified atom stereocenters. The predicted molar refractivity (Wildman–Crippen MR) is 98.2 cm³/mol. The summed E-state index contributed by atoms with van der Waals surface area (Å²) in [7, 11) is 0. The van der Waals surface area contributed by atoms with Crippen LogP contribution in [0.5, 0.6) is 0 Å². The summed E-state index contributed by atoms with van der Waals surface area (Å²) in [5.41, 5.74) is 0.595. The van der Waals surface area contributed by atoms with E-state index in [4.69, 9.17) is 4.74 Å². The number of nitrogens with zero attached hydrogens (tertiary/aromatic N) is 4. The first-order valence-electron chi connectivity index (χ1n) is 8.34. The van der Waals surface area contributed by atoms with Gasteiger partial charge in [-0.25, -0.2) is 14.8 Å². The second-order valence-corrected chi connectivity index (χ2v) is 8.11. The summed E-state index contributed by atoms with van der Waals surface area (Å²) in [5, 5.41) is 13.0. The van der Waals surface area contributed by atoms with Crippen molar-refractivity contribution < 1.29 is 14.6 Å². The van der Waals surface area contributed by atoms with Crippen molar-refractivity contribution >= 4 is 33.5 Å². The number of piperazine rings is 1. The smallest absolute Gasteiger partial charge is 0.410 e. The van der Waals surface area contributed by atoms with Crippen LogP contribution in [-0.4, -0.2) is 64.0 Å². The summed E-state index contributed by atoms with van der Waals surface area (Å²) in [6, 6.07) is -0.223. The third-order valence-electron chi connectivity index (χ3n) is 4.15. The molecular weight excluding hydrogens is 340 g/mol. The fraction of sp³-hybridized carbons (Fsp3) is 0.588. The van der Waals surface area contributed by atoms with Crippen molar-refractivity contribution in [2.75, 3.05) is 31.1 Å². The number of aliphatic hydroxyl groups is 1. The van der Waals surface area contributed by atoms with E-state index in [2.05, 4.69) is 20.2 Å². The topological polar surface area (TPSA) is 78.8 Å². The first-order chi connectivity index (χ1) is 11.8. The Balaban J connectivity index is 1.83. The summed E-state index contributed by atoms with van der Waals surface area (Å²) < 4.78 is 5.45. The van der Waals surface area contributed by atoms with Crippen molar-refractivity contribution in [3.8, 4) is 0 Å². The van der Waals surface area contributed by atoms with Crippen LogP contribution in [0.15, 0.2) is 11.7 Å². The van der Waals surface area contributed by atoms with Crippen LogP contribution in [0.4, 0.5) is 10.6 Å². The first-order valence-corrected chi connectivity index (χ1v) is 9.22. The van der Waals surface area contributed by atoms with Gasteiger partial charge in [0.05, 0.1) is 18.0 Å². The van der Waals surface area contributed by atoms with Gasteiger partial charge >= 0.3 is 6.09 Å². The van der Waals surface area contributed by atoms with E-state index in [1.165, 1.54) is 0 Å². The van der Waals surface area contributed by atoms with Gasteiger partial charge in [-0.15, -0.1) is 11.3 Å². The SMILES string of the molecule is Cc1csc2ncnc(N3CCN(C(=O)OC(C)(C)C)C[C@H]3CO)c12. The molecule has 3 rings (SSSR count). The lowest BCUT2D eigenvalue weighted by molar-refractivity contribution is 0.0197. The maximum Gasteiger partial charge on any atom is 0.410 e. The number of aliphatic hydroxyl groups excluding tert-OH is 1. The molecule has 3 heterocycles. The number of thiophene rings is 1. The molecule has 8 heteroatoms. The fourth-order valence-corrected chi connectivity index (χ4v) is 3.88. The lowest BCUT2D eigenvalue weighted by atomic mass is 10.1. The van der Waals surface area contributed by atoms with E-state index in [1.54, 1.807) is 22.6 Å². The molecule has 0 saturated carbocycles. The number of carbonyl (C=O) groups is 1. The van der Waals surface area contributed by atoms with Crippen molar-refractivity contribution in [3.63, 3.8) is 0 Å². The van der Waals surface area contributed by atoms with E-state index in [-0.39, 0.29) is 18.7 Å². The van der Waals surface area contributed by atoms with Crippen molar-refractivity contribution in [1.29, 1.82) is 0 Å². The third-order valence-corrected chi connectivity index (χ3v) is 5.16. The molecule has 0 radical (unpaired) electrons. The van der Waals surface area contributed by atoms with Gasteiger partial charge in [-0.2, -0.15) is 0 Å². The average molecular weight is 364 g/mol. The van der Waals surface area contributed by atoms with Crippen molar-refractivity contribution in [3.05, 3.63) is 17.3 Å². The average Bonchev–Trinajstić information content (AvgIpc) is 2.94.